The van der Waals surface area contributed by atoms with Crippen LogP contribution in [0.15, 0.2) is 42.5 Å². The molecule has 140 valence electrons. The van der Waals surface area contributed by atoms with Crippen molar-refractivity contribution in [1.82, 2.24) is 0 Å². The van der Waals surface area contributed by atoms with Crippen LogP contribution in [0.1, 0.15) is 44.2 Å². The van der Waals surface area contributed by atoms with Gasteiger partial charge in [0.2, 0.25) is 0 Å². The molecule has 0 radical (unpaired) electrons. The van der Waals surface area contributed by atoms with Crippen LogP contribution in [-0.4, -0.2) is 16.2 Å². The van der Waals surface area contributed by atoms with Crippen LogP contribution >= 0.6 is 0 Å². The van der Waals surface area contributed by atoms with Gasteiger partial charge in [-0.2, -0.15) is 13.2 Å². The van der Waals surface area contributed by atoms with Crippen molar-refractivity contribution in [3.8, 4) is 16.9 Å². The highest BCUT2D eigenvalue weighted by Gasteiger charge is 2.38. The third-order valence-corrected chi connectivity index (χ3v) is 4.71. The highest BCUT2D eigenvalue weighted by atomic mass is 19.4. The number of rotatable bonds is 6. The molecule has 0 bridgehead atoms. The summed E-state index contributed by atoms with van der Waals surface area (Å²) in [6.45, 7) is 3.65. The summed E-state index contributed by atoms with van der Waals surface area (Å²) in [6.07, 6.45) is -3.05. The zero-order valence-electron chi connectivity index (χ0n) is 14.6. The summed E-state index contributed by atoms with van der Waals surface area (Å²) in [6, 6.07) is 9.03. The van der Waals surface area contributed by atoms with Crippen molar-refractivity contribution in [2.75, 3.05) is 0 Å². The summed E-state index contributed by atoms with van der Waals surface area (Å²) in [5.74, 6) is -1.10. The maximum atomic E-state index is 12.7. The zero-order chi connectivity index (χ0) is 19.5. The van der Waals surface area contributed by atoms with Gasteiger partial charge in [-0.15, -0.1) is 0 Å². The van der Waals surface area contributed by atoms with Gasteiger partial charge < -0.3 is 10.2 Å². The van der Waals surface area contributed by atoms with E-state index in [1.807, 2.05) is 6.92 Å². The highest BCUT2D eigenvalue weighted by molar-refractivity contribution is 5.82. The molecule has 0 heterocycles. The first-order chi connectivity index (χ1) is 12.1. The molecule has 1 atom stereocenters. The van der Waals surface area contributed by atoms with E-state index in [0.717, 1.165) is 12.1 Å². The van der Waals surface area contributed by atoms with E-state index in [0.29, 0.717) is 36.0 Å². The van der Waals surface area contributed by atoms with E-state index in [4.69, 9.17) is 0 Å². The number of phenolic OH excluding ortho intramolecular Hbond substituents is 1. The van der Waals surface area contributed by atoms with Crippen LogP contribution in [0.5, 0.6) is 5.75 Å². The summed E-state index contributed by atoms with van der Waals surface area (Å²) >= 11 is 0. The van der Waals surface area contributed by atoms with Crippen LogP contribution in [0.25, 0.3) is 11.1 Å². The number of phenols is 1. The van der Waals surface area contributed by atoms with Crippen molar-refractivity contribution in [2.45, 2.75) is 44.7 Å². The number of halogens is 3. The van der Waals surface area contributed by atoms with Crippen molar-refractivity contribution in [3.63, 3.8) is 0 Å². The second-order valence-corrected chi connectivity index (χ2v) is 6.33. The fraction of sp³-hybridized carbons (Fsp3) is 0.350. The number of benzene rings is 2. The van der Waals surface area contributed by atoms with E-state index in [9.17, 15) is 28.2 Å². The molecule has 0 amide bonds. The molecule has 0 fully saturated rings. The first-order valence-corrected chi connectivity index (χ1v) is 8.39. The van der Waals surface area contributed by atoms with Gasteiger partial charge >= 0.3 is 12.1 Å². The zero-order valence-corrected chi connectivity index (χ0v) is 14.6. The molecule has 1 unspecified atom stereocenters. The number of carboxylic acid groups (broad SMARTS) is 1. The molecule has 0 aromatic heterocycles. The minimum Gasteiger partial charge on any atom is -0.508 e. The molecule has 0 aliphatic heterocycles. The molecule has 3 nitrogen and oxygen atoms in total. The van der Waals surface area contributed by atoms with Crippen molar-refractivity contribution in [1.29, 1.82) is 0 Å². The number of carboxylic acids is 1. The van der Waals surface area contributed by atoms with Crippen molar-refractivity contribution in [3.05, 3.63) is 53.6 Å². The van der Waals surface area contributed by atoms with Gasteiger partial charge in [0.25, 0.3) is 0 Å². The maximum absolute atomic E-state index is 12.7. The largest absolute Gasteiger partial charge is 0.508 e. The molecule has 0 saturated carbocycles. The Hall–Kier alpha value is -2.50. The Morgan fingerprint density at radius 1 is 0.962 bits per heavy atom. The highest BCUT2D eigenvalue weighted by Crippen LogP contribution is 2.38. The second-order valence-electron chi connectivity index (χ2n) is 6.33. The first-order valence-electron chi connectivity index (χ1n) is 8.39. The molecule has 2 aromatic rings. The lowest BCUT2D eigenvalue weighted by molar-refractivity contribution is -0.144. The standard InChI is InChI=1S/C20H21F3O3/c1-3-9-19(4-2,18(25)26)16-10-14(11-17(24)12-16)13-5-7-15(8-6-13)20(21,22)23/h5-8,10-12,24H,3-4,9H2,1-2H3,(H,25,26). The lowest BCUT2D eigenvalue weighted by Gasteiger charge is -2.29. The molecule has 26 heavy (non-hydrogen) atoms. The summed E-state index contributed by atoms with van der Waals surface area (Å²) in [4.78, 5) is 12.0. The summed E-state index contributed by atoms with van der Waals surface area (Å²) in [5.41, 5.74) is -0.509. The fourth-order valence-electron chi connectivity index (χ4n) is 3.24. The quantitative estimate of drug-likeness (QED) is 0.698. The Kier molecular flexibility index (Phi) is 5.64. The van der Waals surface area contributed by atoms with Gasteiger partial charge in [-0.1, -0.05) is 32.4 Å². The number of hydrogen-bond acceptors (Lipinski definition) is 2. The van der Waals surface area contributed by atoms with Crippen LogP contribution in [0.4, 0.5) is 13.2 Å². The van der Waals surface area contributed by atoms with Crippen molar-refractivity contribution < 1.29 is 28.2 Å². The van der Waals surface area contributed by atoms with Crippen molar-refractivity contribution in [2.24, 2.45) is 0 Å². The van der Waals surface area contributed by atoms with Gasteiger partial charge in [0.1, 0.15) is 5.75 Å². The fourth-order valence-corrected chi connectivity index (χ4v) is 3.24. The number of carbonyl (C=O) groups is 1. The van der Waals surface area contributed by atoms with Crippen LogP contribution in [0, 0.1) is 0 Å². The summed E-state index contributed by atoms with van der Waals surface area (Å²) in [7, 11) is 0. The summed E-state index contributed by atoms with van der Waals surface area (Å²) < 4.78 is 38.2. The van der Waals surface area contributed by atoms with Gasteiger partial charge in [-0.3, -0.25) is 4.79 Å². The van der Waals surface area contributed by atoms with Crippen LogP contribution in [-0.2, 0) is 16.4 Å². The molecule has 0 saturated heterocycles. The predicted octanol–water partition coefficient (Wildman–Crippen LogP) is 5.61. The second kappa shape index (κ2) is 7.40. The normalized spacial score (nSPS) is 14.0. The number of hydrogen-bond donors (Lipinski definition) is 2. The molecule has 2 N–H and O–H groups in total. The Labute approximate surface area is 150 Å². The van der Waals surface area contributed by atoms with E-state index in [2.05, 4.69) is 0 Å². The Morgan fingerprint density at radius 2 is 1.58 bits per heavy atom. The molecule has 0 spiro atoms. The number of aliphatic carboxylic acids is 1. The predicted molar refractivity (Wildman–Crippen MR) is 93.1 cm³/mol. The first kappa shape index (κ1) is 19.8. The Bertz CT molecular complexity index is 782. The van der Waals surface area contributed by atoms with Crippen LogP contribution in [0.3, 0.4) is 0 Å². The van der Waals surface area contributed by atoms with E-state index < -0.39 is 23.1 Å². The minimum absolute atomic E-state index is 0.118. The molecular weight excluding hydrogens is 345 g/mol. The van der Waals surface area contributed by atoms with Gasteiger partial charge in [0, 0.05) is 0 Å². The molecular formula is C20H21F3O3. The van der Waals surface area contributed by atoms with Gasteiger partial charge in [0.05, 0.1) is 11.0 Å². The summed E-state index contributed by atoms with van der Waals surface area (Å²) in [5, 5.41) is 19.9. The third kappa shape index (κ3) is 3.84. The Morgan fingerprint density at radius 3 is 2.04 bits per heavy atom. The van der Waals surface area contributed by atoms with E-state index in [1.54, 1.807) is 13.0 Å². The Balaban J connectivity index is 2.55. The monoisotopic (exact) mass is 366 g/mol. The SMILES string of the molecule is CCCC(CC)(C(=O)O)c1cc(O)cc(-c2ccc(C(F)(F)F)cc2)c1. The molecule has 6 heteroatoms. The third-order valence-electron chi connectivity index (χ3n) is 4.71. The van der Waals surface area contributed by atoms with E-state index >= 15 is 0 Å². The molecule has 0 aliphatic carbocycles. The van der Waals surface area contributed by atoms with Crippen LogP contribution < -0.4 is 0 Å². The van der Waals surface area contributed by atoms with Crippen molar-refractivity contribution >= 4 is 5.97 Å². The lowest BCUT2D eigenvalue weighted by atomic mass is 9.74. The van der Waals surface area contributed by atoms with E-state index in [1.165, 1.54) is 24.3 Å². The number of aromatic hydroxyl groups is 1. The van der Waals surface area contributed by atoms with Crippen LogP contribution in [0.2, 0.25) is 0 Å². The lowest BCUT2D eigenvalue weighted by Crippen LogP contribution is -2.35. The van der Waals surface area contributed by atoms with Gasteiger partial charge in [-0.25, -0.2) is 0 Å². The van der Waals surface area contributed by atoms with Gasteiger partial charge in [0.15, 0.2) is 0 Å². The molecule has 2 aromatic carbocycles. The maximum Gasteiger partial charge on any atom is 0.416 e. The minimum atomic E-state index is -4.43. The number of alkyl halides is 3. The molecule has 0 aliphatic rings. The average molecular weight is 366 g/mol. The van der Waals surface area contributed by atoms with E-state index in [-0.39, 0.29) is 5.75 Å². The average Bonchev–Trinajstić information content (AvgIpc) is 2.58. The smallest absolute Gasteiger partial charge is 0.416 e. The van der Waals surface area contributed by atoms with Gasteiger partial charge in [-0.05, 0) is 59.9 Å². The topological polar surface area (TPSA) is 57.5 Å². The molecule has 2 rings (SSSR count).